The van der Waals surface area contributed by atoms with Crippen LogP contribution in [-0.2, 0) is 4.74 Å². The van der Waals surface area contributed by atoms with Crippen molar-refractivity contribution in [3.63, 3.8) is 0 Å². The largest absolute Gasteiger partial charge is 0.504 e. The number of ether oxygens (including phenoxy) is 1. The Morgan fingerprint density at radius 2 is 2.54 bits per heavy atom. The van der Waals surface area contributed by atoms with E-state index in [4.69, 9.17) is 4.74 Å². The Kier molecular flexibility index (Phi) is 2.55. The summed E-state index contributed by atoms with van der Waals surface area (Å²) in [5, 5.41) is 13.4. The molecule has 4 nitrogen and oxygen atoms in total. The third-order valence-electron chi connectivity index (χ3n) is 2.20. The van der Waals surface area contributed by atoms with E-state index in [2.05, 4.69) is 21.0 Å². The summed E-state index contributed by atoms with van der Waals surface area (Å²) in [6.07, 6.45) is 3.55. The standard InChI is InChI=1S/C8H11BrN2O2/c9-8-7(12)4-10-11(8)6-2-1-3-13-5-6/h4,6,12H,1-3,5H2. The quantitative estimate of drug-likeness (QED) is 0.821. The molecule has 5 heteroatoms. The van der Waals surface area contributed by atoms with Crippen molar-refractivity contribution in [1.82, 2.24) is 9.78 Å². The molecule has 1 atom stereocenters. The Hall–Kier alpha value is -0.550. The molecule has 2 heterocycles. The minimum Gasteiger partial charge on any atom is -0.504 e. The molecule has 0 saturated carbocycles. The van der Waals surface area contributed by atoms with Crippen LogP contribution in [0.25, 0.3) is 0 Å². The summed E-state index contributed by atoms with van der Waals surface area (Å²) < 4.78 is 7.75. The molecule has 0 amide bonds. The van der Waals surface area contributed by atoms with Crippen molar-refractivity contribution >= 4 is 15.9 Å². The van der Waals surface area contributed by atoms with Gasteiger partial charge in [-0.25, -0.2) is 4.68 Å². The van der Waals surface area contributed by atoms with Gasteiger partial charge in [0.1, 0.15) is 4.60 Å². The second kappa shape index (κ2) is 3.67. The van der Waals surface area contributed by atoms with E-state index in [1.807, 2.05) is 0 Å². The lowest BCUT2D eigenvalue weighted by Gasteiger charge is -2.22. The fraction of sp³-hybridized carbons (Fsp3) is 0.625. The van der Waals surface area contributed by atoms with E-state index in [0.717, 1.165) is 19.4 Å². The molecule has 0 aromatic carbocycles. The van der Waals surface area contributed by atoms with Gasteiger partial charge in [-0.2, -0.15) is 5.10 Å². The first kappa shape index (κ1) is 9.02. The topological polar surface area (TPSA) is 47.3 Å². The Balaban J connectivity index is 2.18. The first-order valence-corrected chi connectivity index (χ1v) is 5.08. The average molecular weight is 247 g/mol. The maximum absolute atomic E-state index is 9.30. The molecular formula is C8H11BrN2O2. The predicted octanol–water partition coefficient (Wildman–Crippen LogP) is 1.70. The van der Waals surface area contributed by atoms with Gasteiger partial charge in [-0.1, -0.05) is 0 Å². The molecule has 1 aliphatic rings. The zero-order chi connectivity index (χ0) is 9.26. The highest BCUT2D eigenvalue weighted by Crippen LogP contribution is 2.28. The van der Waals surface area contributed by atoms with Crippen molar-refractivity contribution in [3.05, 3.63) is 10.8 Å². The minimum atomic E-state index is 0.186. The van der Waals surface area contributed by atoms with Crippen LogP contribution >= 0.6 is 15.9 Å². The highest BCUT2D eigenvalue weighted by molar-refractivity contribution is 9.10. The zero-order valence-electron chi connectivity index (χ0n) is 7.11. The summed E-state index contributed by atoms with van der Waals surface area (Å²) in [6.45, 7) is 1.51. The van der Waals surface area contributed by atoms with Gasteiger partial charge in [0, 0.05) is 6.61 Å². The fourth-order valence-corrected chi connectivity index (χ4v) is 1.99. The summed E-state index contributed by atoms with van der Waals surface area (Å²) in [5.74, 6) is 0.186. The molecular weight excluding hydrogens is 236 g/mol. The normalized spacial score (nSPS) is 23.3. The molecule has 1 aliphatic heterocycles. The third kappa shape index (κ3) is 1.71. The number of hydrogen-bond donors (Lipinski definition) is 1. The molecule has 1 aromatic heterocycles. The van der Waals surface area contributed by atoms with Crippen LogP contribution in [0.4, 0.5) is 0 Å². The van der Waals surface area contributed by atoms with Gasteiger partial charge in [0.2, 0.25) is 0 Å². The van der Waals surface area contributed by atoms with Crippen LogP contribution in [0.5, 0.6) is 5.75 Å². The van der Waals surface area contributed by atoms with Crippen molar-refractivity contribution in [2.75, 3.05) is 13.2 Å². The highest BCUT2D eigenvalue weighted by atomic mass is 79.9. The van der Waals surface area contributed by atoms with E-state index >= 15 is 0 Å². The predicted molar refractivity (Wildman–Crippen MR) is 50.7 cm³/mol. The van der Waals surface area contributed by atoms with Crippen molar-refractivity contribution in [2.45, 2.75) is 18.9 Å². The Morgan fingerprint density at radius 3 is 3.08 bits per heavy atom. The number of rotatable bonds is 1. The van der Waals surface area contributed by atoms with Crippen LogP contribution in [0, 0.1) is 0 Å². The molecule has 0 bridgehead atoms. The van der Waals surface area contributed by atoms with Gasteiger partial charge < -0.3 is 9.84 Å². The van der Waals surface area contributed by atoms with E-state index in [1.165, 1.54) is 6.20 Å². The molecule has 1 aromatic rings. The summed E-state index contributed by atoms with van der Waals surface area (Å²) in [4.78, 5) is 0. The first-order valence-electron chi connectivity index (χ1n) is 4.29. The summed E-state index contributed by atoms with van der Waals surface area (Å²) in [6, 6.07) is 0.254. The van der Waals surface area contributed by atoms with E-state index < -0.39 is 0 Å². The fourth-order valence-electron chi connectivity index (χ4n) is 1.51. The SMILES string of the molecule is Oc1cnn(C2CCCOC2)c1Br. The van der Waals surface area contributed by atoms with E-state index in [9.17, 15) is 5.11 Å². The minimum absolute atomic E-state index is 0.186. The van der Waals surface area contributed by atoms with Gasteiger partial charge in [0.05, 0.1) is 18.8 Å². The lowest BCUT2D eigenvalue weighted by molar-refractivity contribution is 0.0540. The van der Waals surface area contributed by atoms with E-state index in [0.29, 0.717) is 11.2 Å². The van der Waals surface area contributed by atoms with Crippen LogP contribution in [0.1, 0.15) is 18.9 Å². The summed E-state index contributed by atoms with van der Waals surface area (Å²) in [5.41, 5.74) is 0. The molecule has 13 heavy (non-hydrogen) atoms. The molecule has 2 rings (SSSR count). The Labute approximate surface area is 84.6 Å². The summed E-state index contributed by atoms with van der Waals surface area (Å²) >= 11 is 3.28. The Morgan fingerprint density at radius 1 is 1.69 bits per heavy atom. The van der Waals surface area contributed by atoms with Gasteiger partial charge in [0.25, 0.3) is 0 Å². The summed E-state index contributed by atoms with van der Waals surface area (Å²) in [7, 11) is 0. The monoisotopic (exact) mass is 246 g/mol. The highest BCUT2D eigenvalue weighted by Gasteiger charge is 2.19. The van der Waals surface area contributed by atoms with Crippen molar-refractivity contribution in [2.24, 2.45) is 0 Å². The number of aromatic nitrogens is 2. The first-order chi connectivity index (χ1) is 6.29. The molecule has 0 aliphatic carbocycles. The number of halogens is 1. The number of hydrogen-bond acceptors (Lipinski definition) is 3. The van der Waals surface area contributed by atoms with Crippen LogP contribution in [-0.4, -0.2) is 28.1 Å². The lowest BCUT2D eigenvalue weighted by atomic mass is 10.1. The number of aromatic hydroxyl groups is 1. The van der Waals surface area contributed by atoms with Crippen LogP contribution in [0.2, 0.25) is 0 Å². The molecule has 1 fully saturated rings. The number of nitrogens with zero attached hydrogens (tertiary/aromatic N) is 2. The van der Waals surface area contributed by atoms with Crippen LogP contribution < -0.4 is 0 Å². The van der Waals surface area contributed by atoms with E-state index in [1.54, 1.807) is 4.68 Å². The zero-order valence-corrected chi connectivity index (χ0v) is 8.70. The molecule has 1 N–H and O–H groups in total. The lowest BCUT2D eigenvalue weighted by Crippen LogP contribution is -2.22. The molecule has 1 unspecified atom stereocenters. The third-order valence-corrected chi connectivity index (χ3v) is 2.97. The van der Waals surface area contributed by atoms with Gasteiger partial charge in [-0.3, -0.25) is 0 Å². The molecule has 72 valence electrons. The molecule has 1 saturated heterocycles. The smallest absolute Gasteiger partial charge is 0.168 e. The second-order valence-electron chi connectivity index (χ2n) is 3.14. The van der Waals surface area contributed by atoms with Gasteiger partial charge in [-0.05, 0) is 28.8 Å². The van der Waals surface area contributed by atoms with Crippen molar-refractivity contribution in [3.8, 4) is 5.75 Å². The van der Waals surface area contributed by atoms with E-state index in [-0.39, 0.29) is 11.8 Å². The van der Waals surface area contributed by atoms with Crippen molar-refractivity contribution < 1.29 is 9.84 Å². The van der Waals surface area contributed by atoms with Crippen LogP contribution in [0.15, 0.2) is 10.8 Å². The average Bonchev–Trinajstić information content (AvgIpc) is 2.49. The van der Waals surface area contributed by atoms with Gasteiger partial charge in [-0.15, -0.1) is 0 Å². The maximum Gasteiger partial charge on any atom is 0.168 e. The maximum atomic E-state index is 9.30. The van der Waals surface area contributed by atoms with Crippen molar-refractivity contribution in [1.29, 1.82) is 0 Å². The Bertz CT molecular complexity index is 294. The molecule has 0 radical (unpaired) electrons. The van der Waals surface area contributed by atoms with Gasteiger partial charge in [0.15, 0.2) is 5.75 Å². The van der Waals surface area contributed by atoms with Gasteiger partial charge >= 0.3 is 0 Å². The second-order valence-corrected chi connectivity index (χ2v) is 3.89. The molecule has 0 spiro atoms. The van der Waals surface area contributed by atoms with Crippen LogP contribution in [0.3, 0.4) is 0 Å².